The number of carbonyl (C=O) groups excluding carboxylic acids is 1. The Labute approximate surface area is 163 Å². The first-order valence-electron chi connectivity index (χ1n) is 8.39. The summed E-state index contributed by atoms with van der Waals surface area (Å²) in [7, 11) is 0. The number of hydrogen-bond donors (Lipinski definition) is 2. The largest absolute Gasteiger partial charge is 0.416 e. The van der Waals surface area contributed by atoms with E-state index in [0.29, 0.717) is 17.6 Å². The van der Waals surface area contributed by atoms with E-state index < -0.39 is 17.6 Å². The van der Waals surface area contributed by atoms with Gasteiger partial charge in [-0.05, 0) is 29.8 Å². The van der Waals surface area contributed by atoms with Crippen LogP contribution >= 0.6 is 15.9 Å². The highest BCUT2D eigenvalue weighted by Crippen LogP contribution is 2.33. The number of hydrogen-bond acceptors (Lipinski definition) is 4. The maximum Gasteiger partial charge on any atom is 0.416 e. The lowest BCUT2D eigenvalue weighted by Gasteiger charge is -2.28. The van der Waals surface area contributed by atoms with Gasteiger partial charge in [-0.2, -0.15) is 13.2 Å². The first kappa shape index (κ1) is 19.8. The molecule has 0 aliphatic carbocycles. The number of halogens is 4. The van der Waals surface area contributed by atoms with Crippen LogP contribution in [0.15, 0.2) is 41.0 Å². The molecule has 2 heterocycles. The van der Waals surface area contributed by atoms with Crippen LogP contribution in [0.5, 0.6) is 0 Å². The fourth-order valence-electron chi connectivity index (χ4n) is 2.89. The highest BCUT2D eigenvalue weighted by Gasteiger charge is 2.34. The normalized spacial score (nSPS) is 15.6. The van der Waals surface area contributed by atoms with Crippen LogP contribution in [0.4, 0.5) is 19.0 Å². The number of nitrogens with one attached hydrogen (secondary N) is 2. The first-order chi connectivity index (χ1) is 12.8. The zero-order valence-corrected chi connectivity index (χ0v) is 15.9. The van der Waals surface area contributed by atoms with Crippen LogP contribution in [0, 0.1) is 0 Å². The molecule has 0 atom stereocenters. The first-order valence-corrected chi connectivity index (χ1v) is 9.18. The number of amides is 1. The number of nitrogens with zero attached hydrogens (tertiary/aromatic N) is 2. The molecule has 3 rings (SSSR count). The molecule has 5 nitrogen and oxygen atoms in total. The van der Waals surface area contributed by atoms with Crippen LogP contribution < -0.4 is 10.6 Å². The van der Waals surface area contributed by atoms with Crippen molar-refractivity contribution in [3.05, 3.63) is 57.7 Å². The Hall–Kier alpha value is -1.97. The zero-order valence-electron chi connectivity index (χ0n) is 14.3. The molecule has 9 heteroatoms. The maximum absolute atomic E-state index is 13.5. The second kappa shape index (κ2) is 8.37. The lowest BCUT2D eigenvalue weighted by molar-refractivity contribution is -0.138. The Bertz CT molecular complexity index is 822. The number of aromatic nitrogens is 1. The van der Waals surface area contributed by atoms with Crippen molar-refractivity contribution in [3.8, 4) is 0 Å². The molecular weight excluding hydrogens is 425 g/mol. The van der Waals surface area contributed by atoms with Crippen molar-refractivity contribution in [2.75, 3.05) is 31.5 Å². The van der Waals surface area contributed by atoms with Gasteiger partial charge in [0.25, 0.3) is 5.91 Å². The predicted molar refractivity (Wildman–Crippen MR) is 99.5 cm³/mol. The second-order valence-corrected chi connectivity index (χ2v) is 7.12. The minimum atomic E-state index is -4.53. The monoisotopic (exact) mass is 442 g/mol. The molecule has 0 unspecified atom stereocenters. The molecule has 0 spiro atoms. The van der Waals surface area contributed by atoms with E-state index in [-0.39, 0.29) is 23.5 Å². The van der Waals surface area contributed by atoms with Gasteiger partial charge in [0.05, 0.1) is 5.56 Å². The van der Waals surface area contributed by atoms with Crippen LogP contribution in [0.3, 0.4) is 0 Å². The highest BCUT2D eigenvalue weighted by molar-refractivity contribution is 9.10. The minimum absolute atomic E-state index is 0.0619. The average molecular weight is 443 g/mol. The number of alkyl halides is 3. The summed E-state index contributed by atoms with van der Waals surface area (Å²) < 4.78 is 41.3. The fourth-order valence-corrected chi connectivity index (χ4v) is 3.23. The molecule has 1 aromatic carbocycles. The van der Waals surface area contributed by atoms with E-state index in [2.05, 4.69) is 31.5 Å². The molecule has 1 saturated heterocycles. The van der Waals surface area contributed by atoms with Crippen molar-refractivity contribution in [3.63, 3.8) is 0 Å². The maximum atomic E-state index is 13.5. The van der Waals surface area contributed by atoms with Crippen LogP contribution in [0.25, 0.3) is 0 Å². The molecule has 1 amide bonds. The Kier molecular flexibility index (Phi) is 6.13. The fraction of sp³-hybridized carbons (Fsp3) is 0.333. The number of anilines is 1. The SMILES string of the molecule is O=C(Nc1cc(Br)ccn1)c1ccc(CN2CCNCC2)c(C(F)(F)F)c1. The van der Waals surface area contributed by atoms with Gasteiger partial charge in [-0.15, -0.1) is 0 Å². The van der Waals surface area contributed by atoms with Crippen LogP contribution in [-0.2, 0) is 12.7 Å². The van der Waals surface area contributed by atoms with Crippen LogP contribution in [-0.4, -0.2) is 42.0 Å². The van der Waals surface area contributed by atoms with E-state index in [1.165, 1.54) is 18.3 Å². The smallest absolute Gasteiger partial charge is 0.314 e. The molecule has 1 aromatic heterocycles. The second-order valence-electron chi connectivity index (χ2n) is 6.21. The molecule has 0 saturated carbocycles. The zero-order chi connectivity index (χ0) is 19.4. The highest BCUT2D eigenvalue weighted by atomic mass is 79.9. The summed E-state index contributed by atoms with van der Waals surface area (Å²) in [6.45, 7) is 3.08. The van der Waals surface area contributed by atoms with E-state index in [0.717, 1.165) is 19.2 Å². The van der Waals surface area contributed by atoms with Gasteiger partial charge >= 0.3 is 6.18 Å². The van der Waals surface area contributed by atoms with E-state index in [1.807, 2.05) is 4.90 Å². The molecule has 0 bridgehead atoms. The summed E-state index contributed by atoms with van der Waals surface area (Å²) in [5.74, 6) is -0.382. The average Bonchev–Trinajstić information content (AvgIpc) is 2.62. The third kappa shape index (κ3) is 5.27. The van der Waals surface area contributed by atoms with Crippen molar-refractivity contribution in [1.29, 1.82) is 0 Å². The predicted octanol–water partition coefficient (Wildman–Crippen LogP) is 3.52. The Balaban J connectivity index is 1.83. The van der Waals surface area contributed by atoms with Gasteiger partial charge < -0.3 is 10.6 Å². The van der Waals surface area contributed by atoms with Crippen LogP contribution in [0.1, 0.15) is 21.5 Å². The quantitative estimate of drug-likeness (QED) is 0.760. The van der Waals surface area contributed by atoms with Gasteiger partial charge in [-0.3, -0.25) is 9.69 Å². The number of piperazine rings is 1. The molecule has 2 N–H and O–H groups in total. The van der Waals surface area contributed by atoms with Crippen molar-refractivity contribution >= 4 is 27.7 Å². The summed E-state index contributed by atoms with van der Waals surface area (Å²) in [6, 6.07) is 6.96. The van der Waals surface area contributed by atoms with Gasteiger partial charge in [-0.1, -0.05) is 22.0 Å². The van der Waals surface area contributed by atoms with Gasteiger partial charge in [0.2, 0.25) is 0 Å². The van der Waals surface area contributed by atoms with E-state index in [4.69, 9.17) is 0 Å². The summed E-state index contributed by atoms with van der Waals surface area (Å²) in [5, 5.41) is 5.68. The summed E-state index contributed by atoms with van der Waals surface area (Å²) in [6.07, 6.45) is -3.05. The number of pyridine rings is 1. The Morgan fingerprint density at radius 1 is 1.22 bits per heavy atom. The van der Waals surface area contributed by atoms with E-state index in [1.54, 1.807) is 12.1 Å². The van der Waals surface area contributed by atoms with Gasteiger partial charge in [0, 0.05) is 49.0 Å². The van der Waals surface area contributed by atoms with Gasteiger partial charge in [-0.25, -0.2) is 4.98 Å². The summed E-state index contributed by atoms with van der Waals surface area (Å²) in [5.41, 5.74) is -0.675. The summed E-state index contributed by atoms with van der Waals surface area (Å²) >= 11 is 3.25. The Morgan fingerprint density at radius 2 is 1.96 bits per heavy atom. The van der Waals surface area contributed by atoms with Gasteiger partial charge in [0.1, 0.15) is 5.82 Å². The minimum Gasteiger partial charge on any atom is -0.314 e. The lowest BCUT2D eigenvalue weighted by atomic mass is 10.0. The molecule has 27 heavy (non-hydrogen) atoms. The molecule has 1 aliphatic heterocycles. The summed E-state index contributed by atoms with van der Waals surface area (Å²) in [4.78, 5) is 18.3. The molecule has 2 aromatic rings. The van der Waals surface area contributed by atoms with E-state index in [9.17, 15) is 18.0 Å². The molecule has 0 radical (unpaired) electrons. The number of benzene rings is 1. The third-order valence-electron chi connectivity index (χ3n) is 4.24. The standard InChI is InChI=1S/C18H18BrF3N4O/c19-14-3-4-24-16(10-14)25-17(27)12-1-2-13(15(9-12)18(20,21)22)11-26-7-5-23-6-8-26/h1-4,9-10,23H,5-8,11H2,(H,24,25,27). The van der Waals surface area contributed by atoms with Crippen LogP contribution in [0.2, 0.25) is 0 Å². The topological polar surface area (TPSA) is 57.3 Å². The van der Waals surface area contributed by atoms with E-state index >= 15 is 0 Å². The third-order valence-corrected chi connectivity index (χ3v) is 4.74. The molecular formula is C18H18BrF3N4O. The number of carbonyl (C=O) groups is 1. The van der Waals surface area contributed by atoms with Crippen molar-refractivity contribution in [2.45, 2.75) is 12.7 Å². The molecule has 144 valence electrons. The Morgan fingerprint density at radius 3 is 2.63 bits per heavy atom. The molecule has 1 fully saturated rings. The van der Waals surface area contributed by atoms with Crippen molar-refractivity contribution < 1.29 is 18.0 Å². The lowest BCUT2D eigenvalue weighted by Crippen LogP contribution is -2.43. The number of rotatable bonds is 4. The van der Waals surface area contributed by atoms with Crippen molar-refractivity contribution in [1.82, 2.24) is 15.2 Å². The van der Waals surface area contributed by atoms with Gasteiger partial charge in [0.15, 0.2) is 0 Å². The molecule has 1 aliphatic rings. The van der Waals surface area contributed by atoms with Crippen molar-refractivity contribution in [2.24, 2.45) is 0 Å².